The maximum Gasteiger partial charge on any atom is 0.303 e. The molecule has 5 atom stereocenters. The quantitative estimate of drug-likeness (QED) is 0.221. The second-order valence-electron chi connectivity index (χ2n) is 7.82. The van der Waals surface area contributed by atoms with Crippen LogP contribution in [0.15, 0.2) is 64.6 Å². The van der Waals surface area contributed by atoms with E-state index < -0.39 is 41.7 Å². The number of rotatable bonds is 9. The second kappa shape index (κ2) is 12.4. The Hall–Kier alpha value is -3.04. The van der Waals surface area contributed by atoms with Gasteiger partial charge in [0, 0.05) is 23.7 Å². The van der Waals surface area contributed by atoms with E-state index >= 15 is 0 Å². The standard InChI is InChI=1S/C24H27N3O6S/c1-15-9-11-19(12-10-15)34-24-21(26-27-25)23(32-17(3)29)22(31-16(2)28)20(33-24)14-30-13-18-7-5-4-6-8-18/h4-12,20-24H,13-14H2,1-3H3/t20-,21-,22+,23-,24?/m1/s1. The Balaban J connectivity index is 1.87. The minimum Gasteiger partial charge on any atom is -0.458 e. The molecule has 1 saturated heterocycles. The van der Waals surface area contributed by atoms with Gasteiger partial charge in [-0.1, -0.05) is 64.9 Å². The molecule has 0 spiro atoms. The average molecular weight is 486 g/mol. The fourth-order valence-electron chi connectivity index (χ4n) is 3.58. The Morgan fingerprint density at radius 3 is 2.29 bits per heavy atom. The van der Waals surface area contributed by atoms with Crippen LogP contribution < -0.4 is 0 Å². The molecule has 0 N–H and O–H groups in total. The van der Waals surface area contributed by atoms with Crippen LogP contribution in [0.4, 0.5) is 0 Å². The third-order valence-electron chi connectivity index (χ3n) is 5.07. The third kappa shape index (κ3) is 7.23. The highest BCUT2D eigenvalue weighted by molar-refractivity contribution is 7.99. The molecular formula is C24H27N3O6S. The third-order valence-corrected chi connectivity index (χ3v) is 6.24. The van der Waals surface area contributed by atoms with Gasteiger partial charge in [-0.15, -0.1) is 0 Å². The molecule has 180 valence electrons. The smallest absolute Gasteiger partial charge is 0.303 e. The lowest BCUT2D eigenvalue weighted by Gasteiger charge is -2.43. The molecule has 0 aromatic heterocycles. The van der Waals surface area contributed by atoms with Gasteiger partial charge in [0.15, 0.2) is 12.2 Å². The number of benzene rings is 2. The number of azide groups is 1. The van der Waals surface area contributed by atoms with E-state index in [0.717, 1.165) is 16.0 Å². The number of ether oxygens (including phenoxy) is 4. The van der Waals surface area contributed by atoms with Gasteiger partial charge in [0.05, 0.1) is 13.2 Å². The van der Waals surface area contributed by atoms with Crippen LogP contribution in [0, 0.1) is 6.92 Å². The zero-order valence-electron chi connectivity index (χ0n) is 19.2. The molecule has 34 heavy (non-hydrogen) atoms. The molecule has 0 bridgehead atoms. The molecule has 3 rings (SSSR count). The summed E-state index contributed by atoms with van der Waals surface area (Å²) in [6, 6.07) is 16.4. The maximum absolute atomic E-state index is 11.9. The Bertz CT molecular complexity index is 1010. The van der Waals surface area contributed by atoms with Gasteiger partial charge >= 0.3 is 11.9 Å². The largest absolute Gasteiger partial charge is 0.458 e. The molecule has 10 heteroatoms. The van der Waals surface area contributed by atoms with E-state index in [-0.39, 0.29) is 6.61 Å². The average Bonchev–Trinajstić information content (AvgIpc) is 2.80. The van der Waals surface area contributed by atoms with Crippen molar-refractivity contribution in [1.29, 1.82) is 0 Å². The highest BCUT2D eigenvalue weighted by Crippen LogP contribution is 2.37. The molecule has 9 nitrogen and oxygen atoms in total. The maximum atomic E-state index is 11.9. The predicted molar refractivity (Wildman–Crippen MR) is 126 cm³/mol. The Morgan fingerprint density at radius 2 is 1.68 bits per heavy atom. The molecule has 1 fully saturated rings. The van der Waals surface area contributed by atoms with Crippen molar-refractivity contribution in [3.63, 3.8) is 0 Å². The van der Waals surface area contributed by atoms with Crippen molar-refractivity contribution in [1.82, 2.24) is 0 Å². The van der Waals surface area contributed by atoms with Gasteiger partial charge in [-0.2, -0.15) is 0 Å². The highest BCUT2D eigenvalue weighted by Gasteiger charge is 2.50. The minimum absolute atomic E-state index is 0.0680. The first-order chi connectivity index (χ1) is 16.4. The Labute approximate surface area is 202 Å². The lowest BCUT2D eigenvalue weighted by atomic mass is 9.98. The zero-order chi connectivity index (χ0) is 24.5. The molecule has 0 radical (unpaired) electrons. The number of nitrogens with zero attached hydrogens (tertiary/aromatic N) is 3. The molecular weight excluding hydrogens is 458 g/mol. The Kier molecular flexibility index (Phi) is 9.35. The first kappa shape index (κ1) is 25.6. The molecule has 2 aromatic carbocycles. The van der Waals surface area contributed by atoms with Crippen molar-refractivity contribution in [2.45, 2.75) is 62.1 Å². The molecule has 2 aromatic rings. The SMILES string of the molecule is CC(=O)O[C@@H]1[C@H](OC(C)=O)[C@@H](N=[N+]=[N-])C(Sc2ccc(C)cc2)O[C@@H]1COCc1ccccc1. The monoisotopic (exact) mass is 485 g/mol. The van der Waals surface area contributed by atoms with Gasteiger partial charge in [0.25, 0.3) is 0 Å². The highest BCUT2D eigenvalue weighted by atomic mass is 32.2. The van der Waals surface area contributed by atoms with Crippen molar-refractivity contribution >= 4 is 23.7 Å². The lowest BCUT2D eigenvalue weighted by Crippen LogP contribution is -2.59. The van der Waals surface area contributed by atoms with Gasteiger partial charge in [-0.25, -0.2) is 0 Å². The summed E-state index contributed by atoms with van der Waals surface area (Å²) < 4.78 is 23.1. The summed E-state index contributed by atoms with van der Waals surface area (Å²) in [7, 11) is 0. The van der Waals surface area contributed by atoms with Crippen molar-refractivity contribution in [3.8, 4) is 0 Å². The van der Waals surface area contributed by atoms with Crippen LogP contribution in [0.5, 0.6) is 0 Å². The number of esters is 2. The van der Waals surface area contributed by atoms with Crippen LogP contribution in [0.25, 0.3) is 10.4 Å². The van der Waals surface area contributed by atoms with E-state index in [0.29, 0.717) is 6.61 Å². The van der Waals surface area contributed by atoms with Gasteiger partial charge in [0.2, 0.25) is 0 Å². The van der Waals surface area contributed by atoms with Crippen molar-refractivity contribution in [2.24, 2.45) is 5.11 Å². The first-order valence-electron chi connectivity index (χ1n) is 10.8. The van der Waals surface area contributed by atoms with Crippen LogP contribution in [-0.2, 0) is 35.1 Å². The van der Waals surface area contributed by atoms with E-state index in [4.69, 9.17) is 18.9 Å². The number of carbonyl (C=O) groups is 2. The van der Waals surface area contributed by atoms with Crippen LogP contribution in [-0.4, -0.2) is 48.3 Å². The molecule has 0 saturated carbocycles. The summed E-state index contributed by atoms with van der Waals surface area (Å²) in [5.41, 5.74) is 10.6. The normalized spacial score (nSPS) is 24.0. The molecule has 0 amide bonds. The molecule has 1 heterocycles. The molecule has 1 unspecified atom stereocenters. The second-order valence-corrected chi connectivity index (χ2v) is 8.99. The van der Waals surface area contributed by atoms with Gasteiger partial charge < -0.3 is 18.9 Å². The number of aryl methyl sites for hydroxylation is 1. The summed E-state index contributed by atoms with van der Waals surface area (Å²) in [6.07, 6.45) is -2.81. The number of carbonyl (C=O) groups excluding carboxylic acids is 2. The molecule has 0 aliphatic carbocycles. The predicted octanol–water partition coefficient (Wildman–Crippen LogP) is 4.57. The summed E-state index contributed by atoms with van der Waals surface area (Å²) in [5.74, 6) is -1.17. The van der Waals surface area contributed by atoms with Crippen molar-refractivity contribution < 1.29 is 28.5 Å². The van der Waals surface area contributed by atoms with Gasteiger partial charge in [-0.3, -0.25) is 9.59 Å². The zero-order valence-corrected chi connectivity index (χ0v) is 20.0. The van der Waals surface area contributed by atoms with E-state index in [1.807, 2.05) is 61.5 Å². The molecule has 1 aliphatic rings. The van der Waals surface area contributed by atoms with Crippen molar-refractivity contribution in [2.75, 3.05) is 6.61 Å². The van der Waals surface area contributed by atoms with Crippen molar-refractivity contribution in [3.05, 3.63) is 76.2 Å². The van der Waals surface area contributed by atoms with Crippen LogP contribution in [0.1, 0.15) is 25.0 Å². The van der Waals surface area contributed by atoms with Gasteiger partial charge in [-0.05, 0) is 30.2 Å². The number of hydrogen-bond acceptors (Lipinski definition) is 8. The summed E-state index contributed by atoms with van der Waals surface area (Å²) in [5, 5.41) is 3.86. The molecule has 1 aliphatic heterocycles. The van der Waals surface area contributed by atoms with Gasteiger partial charge in [0.1, 0.15) is 17.6 Å². The van der Waals surface area contributed by atoms with Crippen LogP contribution in [0.2, 0.25) is 0 Å². The van der Waals surface area contributed by atoms with E-state index in [1.54, 1.807) is 0 Å². The number of thioether (sulfide) groups is 1. The summed E-state index contributed by atoms with van der Waals surface area (Å²) in [6.45, 7) is 4.87. The Morgan fingerprint density at radius 1 is 1.03 bits per heavy atom. The van der Waals surface area contributed by atoms with E-state index in [9.17, 15) is 15.1 Å². The van der Waals surface area contributed by atoms with E-state index in [1.165, 1.54) is 25.6 Å². The fourth-order valence-corrected chi connectivity index (χ4v) is 4.69. The summed E-state index contributed by atoms with van der Waals surface area (Å²) in [4.78, 5) is 27.6. The van der Waals surface area contributed by atoms with E-state index in [2.05, 4.69) is 10.0 Å². The lowest BCUT2D eigenvalue weighted by molar-refractivity contribution is -0.209. The van der Waals surface area contributed by atoms with Crippen LogP contribution >= 0.6 is 11.8 Å². The van der Waals surface area contributed by atoms with Crippen LogP contribution in [0.3, 0.4) is 0 Å². The fraction of sp³-hybridized carbons (Fsp3) is 0.417. The summed E-state index contributed by atoms with van der Waals surface area (Å²) >= 11 is 1.33. The first-order valence-corrected chi connectivity index (χ1v) is 11.6. The number of hydrogen-bond donors (Lipinski definition) is 0. The topological polar surface area (TPSA) is 120 Å². The minimum atomic E-state index is -1.04.